The number of carbonyl (C=O) groups is 2. The van der Waals surface area contributed by atoms with Crippen molar-refractivity contribution in [1.82, 2.24) is 9.80 Å². The number of rotatable bonds is 7. The van der Waals surface area contributed by atoms with Gasteiger partial charge in [-0.3, -0.25) is 14.5 Å². The van der Waals surface area contributed by atoms with Crippen LogP contribution in [0.5, 0.6) is 0 Å². The number of amides is 2. The van der Waals surface area contributed by atoms with Crippen molar-refractivity contribution < 1.29 is 9.59 Å². The molecule has 0 aromatic heterocycles. The normalized spacial score (nSPS) is 16.3. The third-order valence-electron chi connectivity index (χ3n) is 4.24. The van der Waals surface area contributed by atoms with Gasteiger partial charge in [-0.1, -0.05) is 55.6 Å². The summed E-state index contributed by atoms with van der Waals surface area (Å²) in [6.45, 7) is 8.22. The molecular formula is C22H27N3O2S. The van der Waals surface area contributed by atoms with Gasteiger partial charge in [0.2, 0.25) is 6.41 Å². The molecule has 5 nitrogen and oxygen atoms in total. The Kier molecular flexibility index (Phi) is 8.26. The lowest BCUT2D eigenvalue weighted by Crippen LogP contribution is -2.33. The smallest absolute Gasteiger partial charge is 0.260 e. The molecule has 0 N–H and O–H groups in total. The fraction of sp³-hybridized carbons (Fsp3) is 0.318. The summed E-state index contributed by atoms with van der Waals surface area (Å²) in [5.41, 5.74) is 2.39. The van der Waals surface area contributed by atoms with Gasteiger partial charge in [0.1, 0.15) is 0 Å². The van der Waals surface area contributed by atoms with Gasteiger partial charge >= 0.3 is 0 Å². The van der Waals surface area contributed by atoms with E-state index < -0.39 is 0 Å². The summed E-state index contributed by atoms with van der Waals surface area (Å²) >= 11 is 1.51. The van der Waals surface area contributed by atoms with E-state index in [9.17, 15) is 9.59 Å². The number of allylic oxidation sites excluding steroid dienone is 5. The zero-order valence-corrected chi connectivity index (χ0v) is 17.5. The summed E-state index contributed by atoms with van der Waals surface area (Å²) in [5.74, 6) is 0.733. The number of aliphatic imine (C=N–C) groups is 1. The molecule has 1 aliphatic rings. The third-order valence-corrected chi connectivity index (χ3v) is 5.25. The molecule has 0 radical (unpaired) electrons. The first-order valence-electron chi connectivity index (χ1n) is 9.21. The predicted octanol–water partition coefficient (Wildman–Crippen LogP) is 4.32. The van der Waals surface area contributed by atoms with Crippen molar-refractivity contribution >= 4 is 29.2 Å². The van der Waals surface area contributed by atoms with E-state index in [0.29, 0.717) is 35.9 Å². The highest BCUT2D eigenvalue weighted by Gasteiger charge is 2.18. The Balaban J connectivity index is 2.02. The maximum Gasteiger partial charge on any atom is 0.260 e. The monoisotopic (exact) mass is 397 g/mol. The largest absolute Gasteiger partial charge is 0.328 e. The SMILES string of the molecule is C=C(C)N=C(SCCN(C=O)C(=O)c1ccccc1)N(C)C1=CC=CC(C)C1. The summed E-state index contributed by atoms with van der Waals surface area (Å²) in [6.07, 6.45) is 7.86. The number of imide groups is 1. The van der Waals surface area contributed by atoms with E-state index in [1.165, 1.54) is 22.4 Å². The average molecular weight is 398 g/mol. The number of carbonyl (C=O) groups excluding carboxylic acids is 2. The standard InChI is InChI=1S/C22H27N3O2S/c1-17(2)23-22(24(4)20-12-8-9-18(3)15-20)28-14-13-25(16-26)21(27)19-10-6-5-7-11-19/h5-12,16,18H,1,13-15H2,2-4H3. The van der Waals surface area contributed by atoms with Crippen LogP contribution in [-0.4, -0.2) is 46.6 Å². The summed E-state index contributed by atoms with van der Waals surface area (Å²) in [5, 5.41) is 0.805. The van der Waals surface area contributed by atoms with Crippen LogP contribution >= 0.6 is 11.8 Å². The van der Waals surface area contributed by atoms with Gasteiger partial charge in [-0.15, -0.1) is 0 Å². The molecule has 0 saturated carbocycles. The first-order valence-corrected chi connectivity index (χ1v) is 10.2. The Morgan fingerprint density at radius 3 is 2.68 bits per heavy atom. The molecular weight excluding hydrogens is 370 g/mol. The Labute approximate surface area is 171 Å². The second kappa shape index (κ2) is 10.7. The van der Waals surface area contributed by atoms with Crippen LogP contribution in [0.15, 0.2) is 71.5 Å². The van der Waals surface area contributed by atoms with E-state index in [1.807, 2.05) is 20.0 Å². The highest BCUT2D eigenvalue weighted by molar-refractivity contribution is 8.13. The first kappa shape index (κ1) is 21.7. The number of hydrogen-bond acceptors (Lipinski definition) is 4. The minimum Gasteiger partial charge on any atom is -0.328 e. The molecule has 0 fully saturated rings. The van der Waals surface area contributed by atoms with Crippen LogP contribution in [0.4, 0.5) is 0 Å². The molecule has 0 spiro atoms. The van der Waals surface area contributed by atoms with Crippen LogP contribution in [0.3, 0.4) is 0 Å². The van der Waals surface area contributed by atoms with Crippen molar-refractivity contribution in [3.63, 3.8) is 0 Å². The van der Waals surface area contributed by atoms with E-state index in [-0.39, 0.29) is 5.91 Å². The van der Waals surface area contributed by atoms with Crippen LogP contribution in [0, 0.1) is 5.92 Å². The lowest BCUT2D eigenvalue weighted by atomic mass is 10.00. The molecule has 0 bridgehead atoms. The summed E-state index contributed by atoms with van der Waals surface area (Å²) < 4.78 is 0. The van der Waals surface area contributed by atoms with Crippen LogP contribution in [0.2, 0.25) is 0 Å². The van der Waals surface area contributed by atoms with Crippen molar-refractivity contribution in [2.75, 3.05) is 19.3 Å². The zero-order valence-electron chi connectivity index (χ0n) is 16.7. The maximum absolute atomic E-state index is 12.5. The van der Waals surface area contributed by atoms with Crippen LogP contribution in [0.1, 0.15) is 30.6 Å². The molecule has 1 atom stereocenters. The highest BCUT2D eigenvalue weighted by atomic mass is 32.2. The Bertz CT molecular complexity index is 799. The molecule has 0 aliphatic heterocycles. The number of amidine groups is 1. The Morgan fingerprint density at radius 2 is 2.07 bits per heavy atom. The molecule has 2 rings (SSSR count). The van der Waals surface area contributed by atoms with Gasteiger partial charge in [0, 0.05) is 36.3 Å². The minimum absolute atomic E-state index is 0.295. The number of thioether (sulfide) groups is 1. The summed E-state index contributed by atoms with van der Waals surface area (Å²) in [7, 11) is 1.99. The molecule has 1 aromatic carbocycles. The van der Waals surface area contributed by atoms with Gasteiger partial charge in [-0.2, -0.15) is 0 Å². The number of nitrogens with zero attached hydrogens (tertiary/aromatic N) is 3. The Hall–Kier alpha value is -2.60. The maximum atomic E-state index is 12.5. The molecule has 6 heteroatoms. The molecule has 1 aromatic rings. The van der Waals surface area contributed by atoms with Crippen LogP contribution in [-0.2, 0) is 4.79 Å². The number of hydrogen-bond donors (Lipinski definition) is 0. The van der Waals surface area contributed by atoms with Gasteiger partial charge in [-0.05, 0) is 37.5 Å². The van der Waals surface area contributed by atoms with E-state index in [1.54, 1.807) is 24.3 Å². The Morgan fingerprint density at radius 1 is 1.36 bits per heavy atom. The fourth-order valence-electron chi connectivity index (χ4n) is 2.75. The zero-order chi connectivity index (χ0) is 20.5. The quantitative estimate of drug-likeness (QED) is 0.391. The minimum atomic E-state index is -0.295. The summed E-state index contributed by atoms with van der Waals surface area (Å²) in [6, 6.07) is 8.82. The number of benzene rings is 1. The lowest BCUT2D eigenvalue weighted by molar-refractivity contribution is -0.115. The molecule has 28 heavy (non-hydrogen) atoms. The van der Waals surface area contributed by atoms with Crippen LogP contribution < -0.4 is 0 Å². The van der Waals surface area contributed by atoms with Crippen molar-refractivity contribution in [3.8, 4) is 0 Å². The topological polar surface area (TPSA) is 53.0 Å². The molecule has 148 valence electrons. The first-order chi connectivity index (χ1) is 13.4. The summed E-state index contributed by atoms with van der Waals surface area (Å²) in [4.78, 5) is 31.7. The third kappa shape index (κ3) is 6.23. The van der Waals surface area contributed by atoms with E-state index >= 15 is 0 Å². The predicted molar refractivity (Wildman–Crippen MR) is 117 cm³/mol. The van der Waals surface area contributed by atoms with Gasteiger partial charge in [0.15, 0.2) is 5.17 Å². The molecule has 0 heterocycles. The van der Waals surface area contributed by atoms with E-state index in [4.69, 9.17) is 0 Å². The fourth-order valence-corrected chi connectivity index (χ4v) is 3.75. The highest BCUT2D eigenvalue weighted by Crippen LogP contribution is 2.24. The van der Waals surface area contributed by atoms with Gasteiger partial charge < -0.3 is 4.90 Å². The van der Waals surface area contributed by atoms with Gasteiger partial charge in [-0.25, -0.2) is 4.99 Å². The second-order valence-electron chi connectivity index (χ2n) is 6.73. The van der Waals surface area contributed by atoms with E-state index in [0.717, 1.165) is 11.6 Å². The van der Waals surface area contributed by atoms with Gasteiger partial charge in [0.05, 0.1) is 0 Å². The van der Waals surface area contributed by atoms with Crippen molar-refractivity contribution in [1.29, 1.82) is 0 Å². The molecule has 1 aliphatic carbocycles. The molecule has 0 saturated heterocycles. The van der Waals surface area contributed by atoms with Crippen molar-refractivity contribution in [2.24, 2.45) is 10.9 Å². The van der Waals surface area contributed by atoms with Crippen molar-refractivity contribution in [2.45, 2.75) is 20.3 Å². The molecule has 1 unspecified atom stereocenters. The van der Waals surface area contributed by atoms with Gasteiger partial charge in [0.25, 0.3) is 5.91 Å². The van der Waals surface area contributed by atoms with E-state index in [2.05, 4.69) is 41.6 Å². The average Bonchev–Trinajstić information content (AvgIpc) is 2.69. The second-order valence-corrected chi connectivity index (χ2v) is 7.79. The lowest BCUT2D eigenvalue weighted by Gasteiger charge is -2.27. The van der Waals surface area contributed by atoms with Crippen LogP contribution in [0.25, 0.3) is 0 Å². The van der Waals surface area contributed by atoms with Crippen molar-refractivity contribution in [3.05, 3.63) is 72.1 Å². The molecule has 2 amide bonds.